The lowest BCUT2D eigenvalue weighted by Crippen LogP contribution is -2.25. The van der Waals surface area contributed by atoms with Gasteiger partial charge in [-0.15, -0.1) is 0 Å². The van der Waals surface area contributed by atoms with Gasteiger partial charge in [0.1, 0.15) is 23.3 Å². The molecule has 0 radical (unpaired) electrons. The molecule has 8 aromatic rings. The molecule has 0 unspecified atom stereocenters. The molecule has 8 aliphatic carbocycles. The fraction of sp³-hybridized carbons (Fsp3) is 0.545. The number of hydrogen-bond donors (Lipinski definition) is 0. The first-order valence-corrected chi connectivity index (χ1v) is 53.4. The lowest BCUT2D eigenvalue weighted by atomic mass is 9.68. The average Bonchev–Trinajstić information content (AvgIpc) is 0.804. The SMILES string of the molecule is C.C=CF.C=CF.C=CF.C=CF.CCC1CCC(C2CCC(c3ccc(-c4cc(F)c(OCF)c(F)c4)c(F)c3)CC2)CC1.CCCC1CCC(C2CCC(c3ccc(-c4cc(F)c(OCF)c(F)c4)c(F)c3)CC2)CC1.CCCCC1CCC(C2CCC(c3ccc(-c4cc(F)c(OCF)c(F)c4)c(F)c3)CC2)CC1.CCCCCC1CCC(C2CCC(c3ccc(-c4cc(F)c(OCF)c(F)c4)c(F)c3)CC2)CC1. The van der Waals surface area contributed by atoms with Crippen LogP contribution in [0.4, 0.5) is 87.8 Å². The van der Waals surface area contributed by atoms with Gasteiger partial charge in [0.15, 0.2) is 69.5 Å². The Balaban J connectivity index is 0.000000230. The van der Waals surface area contributed by atoms with Crippen molar-refractivity contribution in [2.75, 3.05) is 27.4 Å². The Morgan fingerprint density at radius 2 is 0.415 bits per heavy atom. The molecule has 24 heteroatoms. The summed E-state index contributed by atoms with van der Waals surface area (Å²) in [7, 11) is 0. The van der Waals surface area contributed by atoms with E-state index in [1.165, 1.54) is 243 Å². The van der Waals surface area contributed by atoms with Crippen LogP contribution in [0.15, 0.2) is 173 Å². The second-order valence-electron chi connectivity index (χ2n) is 41.1. The van der Waals surface area contributed by atoms with Crippen molar-refractivity contribution in [2.24, 2.45) is 71.0 Å². The van der Waals surface area contributed by atoms with E-state index in [-0.39, 0.29) is 77.3 Å². The lowest BCUT2D eigenvalue weighted by Gasteiger charge is -2.38. The lowest BCUT2D eigenvalue weighted by molar-refractivity contribution is 0.155. The largest absolute Gasteiger partial charge is 0.457 e. The molecule has 147 heavy (non-hydrogen) atoms. The van der Waals surface area contributed by atoms with Crippen LogP contribution in [0.2, 0.25) is 0 Å². The molecule has 0 N–H and O–H groups in total. The second-order valence-corrected chi connectivity index (χ2v) is 41.1. The molecule has 812 valence electrons. The smallest absolute Gasteiger partial charge is 0.228 e. The maximum Gasteiger partial charge on any atom is 0.228 e. The first-order chi connectivity index (χ1) is 70.6. The van der Waals surface area contributed by atoms with Crippen molar-refractivity contribution in [3.63, 3.8) is 0 Å². The summed E-state index contributed by atoms with van der Waals surface area (Å²) in [4.78, 5) is 0. The zero-order valence-electron chi connectivity index (χ0n) is 85.6. The molecule has 0 saturated heterocycles. The van der Waals surface area contributed by atoms with Gasteiger partial charge in [0.25, 0.3) is 0 Å². The van der Waals surface area contributed by atoms with Crippen LogP contribution in [0.5, 0.6) is 23.0 Å². The quantitative estimate of drug-likeness (QED) is 0.0332. The van der Waals surface area contributed by atoms with Gasteiger partial charge in [-0.1, -0.05) is 226 Å². The number of unbranched alkanes of at least 4 members (excludes halogenated alkanes) is 3. The first kappa shape index (κ1) is 123. The Kier molecular flexibility index (Phi) is 54.2. The maximum atomic E-state index is 15.0. The molecule has 0 amide bonds. The van der Waals surface area contributed by atoms with Gasteiger partial charge < -0.3 is 18.9 Å². The van der Waals surface area contributed by atoms with Crippen molar-refractivity contribution in [1.82, 2.24) is 0 Å². The topological polar surface area (TPSA) is 36.9 Å². The summed E-state index contributed by atoms with van der Waals surface area (Å²) in [5.41, 5.74) is 4.63. The van der Waals surface area contributed by atoms with Gasteiger partial charge in [-0.2, -0.15) is 0 Å². The summed E-state index contributed by atoms with van der Waals surface area (Å²) in [6.45, 7) is 14.5. The molecule has 8 saturated carbocycles. The van der Waals surface area contributed by atoms with Crippen molar-refractivity contribution in [3.8, 4) is 67.5 Å². The van der Waals surface area contributed by atoms with E-state index >= 15 is 0 Å². The zero-order valence-corrected chi connectivity index (χ0v) is 85.6. The van der Waals surface area contributed by atoms with Crippen molar-refractivity contribution in [2.45, 2.75) is 328 Å². The Morgan fingerprint density at radius 3 is 0.592 bits per heavy atom. The Labute approximate surface area is 861 Å². The standard InChI is InChI=1S/C30H38F4O.C29H36F4O.C28H34F4O.C27H32F4O.4C2H3F.CH4/c1-2-3-4-5-20-6-8-21(9-7-20)22-10-12-23(13-11-22)24-14-15-26(27(32)16-24)25-17-28(33)30(35-19-31)29(34)18-25;1-2-3-4-19-5-7-20(8-6-19)21-9-11-22(12-10-21)23-13-14-25(26(31)15-23)24-16-27(32)29(34-18-30)28(33)17-24;1-2-3-18-4-6-19(7-5-18)20-8-10-21(11-9-20)22-12-13-24(25(30)14-22)23-15-26(31)28(33-17-29)27(32)16-23;1-2-17-3-5-18(6-4-17)19-7-9-20(10-8-19)21-11-12-23(24(29)13-21)22-14-25(30)27(32-16-28)26(31)15-22;4*1-2-3;/h14-18,20-23H,2-13,19H2,1H3;13-17,19-22H,2-12,18H2,1H3;12-16,18-21H,2-11,17H2,1H3;11-15,17-20H,2-10,16H2,1H3;4*2H,1H2;1H4. The van der Waals surface area contributed by atoms with E-state index in [0.717, 1.165) is 193 Å². The molecule has 0 spiro atoms. The fourth-order valence-electron chi connectivity index (χ4n) is 24.9. The van der Waals surface area contributed by atoms with E-state index in [2.05, 4.69) is 73.0 Å². The molecule has 0 bridgehead atoms. The monoisotopic (exact) mass is 2080 g/mol. The van der Waals surface area contributed by atoms with Gasteiger partial charge in [0.05, 0.1) is 25.3 Å². The Hall–Kier alpha value is -9.48. The van der Waals surface area contributed by atoms with E-state index in [1.54, 1.807) is 24.3 Å². The maximum absolute atomic E-state index is 15.0. The molecule has 8 aromatic carbocycles. The van der Waals surface area contributed by atoms with Gasteiger partial charge in [-0.3, -0.25) is 0 Å². The van der Waals surface area contributed by atoms with E-state index in [4.69, 9.17) is 0 Å². The fourth-order valence-corrected chi connectivity index (χ4v) is 24.9. The van der Waals surface area contributed by atoms with Crippen LogP contribution in [-0.4, -0.2) is 27.4 Å². The van der Waals surface area contributed by atoms with Crippen LogP contribution >= 0.6 is 0 Å². The third-order valence-electron chi connectivity index (χ3n) is 32.7. The molecule has 8 aliphatic rings. The van der Waals surface area contributed by atoms with Crippen molar-refractivity contribution >= 4 is 0 Å². The summed E-state index contributed by atoms with van der Waals surface area (Å²) in [5, 5.41) is 0. The number of halogens is 20. The van der Waals surface area contributed by atoms with Crippen LogP contribution in [0.25, 0.3) is 44.5 Å². The van der Waals surface area contributed by atoms with Gasteiger partial charge >= 0.3 is 0 Å². The van der Waals surface area contributed by atoms with E-state index in [1.807, 2.05) is 24.3 Å². The van der Waals surface area contributed by atoms with Crippen LogP contribution in [0.1, 0.15) is 351 Å². The van der Waals surface area contributed by atoms with E-state index in [0.29, 0.717) is 23.7 Å². The summed E-state index contributed by atoms with van der Waals surface area (Å²) < 4.78 is 279. The Morgan fingerprint density at radius 1 is 0.231 bits per heavy atom. The molecule has 0 aromatic heterocycles. The highest BCUT2D eigenvalue weighted by molar-refractivity contribution is 5.69. The molecular formula is C123H156F20O4. The number of rotatable bonds is 30. The second kappa shape index (κ2) is 64.9. The molecule has 0 heterocycles. The molecule has 4 nitrogen and oxygen atoms in total. The van der Waals surface area contributed by atoms with Gasteiger partial charge in [0, 0.05) is 22.3 Å². The first-order valence-electron chi connectivity index (χ1n) is 53.4. The molecule has 16 rings (SSSR count). The minimum atomic E-state index is -1.33. The van der Waals surface area contributed by atoms with Crippen LogP contribution in [-0.2, 0) is 0 Å². The molecule has 0 atom stereocenters. The van der Waals surface area contributed by atoms with Gasteiger partial charge in [0.2, 0.25) is 27.4 Å². The predicted molar refractivity (Wildman–Crippen MR) is 555 cm³/mol. The number of ether oxygens (including phenoxy) is 4. The van der Waals surface area contributed by atoms with E-state index in [9.17, 15) is 87.8 Å². The van der Waals surface area contributed by atoms with Gasteiger partial charge in [-0.25, -0.2) is 87.8 Å². The highest BCUT2D eigenvalue weighted by Crippen LogP contribution is 2.52. The van der Waals surface area contributed by atoms with Crippen LogP contribution in [0.3, 0.4) is 0 Å². The van der Waals surface area contributed by atoms with Crippen molar-refractivity contribution in [3.05, 3.63) is 265 Å². The summed E-state index contributed by atoms with van der Waals surface area (Å²) in [6.07, 6.45) is 54.6. The third-order valence-corrected chi connectivity index (χ3v) is 32.7. The number of benzene rings is 8. The summed E-state index contributed by atoms with van der Waals surface area (Å²) >= 11 is 0. The average molecular weight is 2080 g/mol. The van der Waals surface area contributed by atoms with E-state index < -0.39 is 120 Å². The van der Waals surface area contributed by atoms with Crippen molar-refractivity contribution in [1.29, 1.82) is 0 Å². The van der Waals surface area contributed by atoms with Crippen LogP contribution < -0.4 is 18.9 Å². The summed E-state index contributed by atoms with van der Waals surface area (Å²) in [6, 6.07) is 27.8. The zero-order chi connectivity index (χ0) is 106. The minimum absolute atomic E-state index is 0. The van der Waals surface area contributed by atoms with Gasteiger partial charge in [-0.05, 0) is 366 Å². The Bertz CT molecular complexity index is 5100. The highest BCUT2D eigenvalue weighted by Gasteiger charge is 2.38. The number of alkyl halides is 4. The normalized spacial score (nSPS) is 23.6. The minimum Gasteiger partial charge on any atom is -0.457 e. The number of hydrogen-bond acceptors (Lipinski definition) is 4. The molecular weight excluding hydrogens is 1920 g/mol. The van der Waals surface area contributed by atoms with Crippen LogP contribution in [0, 0.1) is 141 Å². The highest BCUT2D eigenvalue weighted by atomic mass is 19.2. The third kappa shape index (κ3) is 36.4. The van der Waals surface area contributed by atoms with Crippen molar-refractivity contribution < 1.29 is 107 Å². The molecule has 0 aliphatic heterocycles. The summed E-state index contributed by atoms with van der Waals surface area (Å²) in [5.74, 6) is -1.88. The molecule has 8 fully saturated rings. The predicted octanol–water partition coefficient (Wildman–Crippen LogP) is 41.6.